The van der Waals surface area contributed by atoms with Gasteiger partial charge in [0.1, 0.15) is 5.82 Å². The quantitative estimate of drug-likeness (QED) is 0.831. The molecule has 1 aliphatic heterocycles. The first-order chi connectivity index (χ1) is 9.38. The minimum Gasteiger partial charge on any atom is -0.368 e. The average Bonchev–Trinajstić information content (AvgIpc) is 2.39. The molecular weight excluding hydrogens is 276 g/mol. The largest absolute Gasteiger partial charge is 0.368 e. The summed E-state index contributed by atoms with van der Waals surface area (Å²) in [5, 5.41) is 0.163. The van der Waals surface area contributed by atoms with Gasteiger partial charge in [-0.25, -0.2) is 0 Å². The Balaban J connectivity index is 2.15. The molecule has 0 amide bonds. The highest BCUT2D eigenvalue weighted by molar-refractivity contribution is 7.85. The van der Waals surface area contributed by atoms with E-state index in [0.717, 1.165) is 6.54 Å². The Kier molecular flexibility index (Phi) is 4.54. The molecular formula is C12H22N6OS. The van der Waals surface area contributed by atoms with E-state index >= 15 is 0 Å². The summed E-state index contributed by atoms with van der Waals surface area (Å²) in [6, 6.07) is 0.241. The van der Waals surface area contributed by atoms with Crippen LogP contribution in [0, 0.1) is 0 Å². The van der Waals surface area contributed by atoms with Crippen LogP contribution < -0.4 is 10.6 Å². The maximum atomic E-state index is 11.8. The predicted octanol–water partition coefficient (Wildman–Crippen LogP) is -0.139. The van der Waals surface area contributed by atoms with Crippen molar-refractivity contribution in [2.45, 2.75) is 31.7 Å². The second-order valence-corrected chi connectivity index (χ2v) is 7.22. The van der Waals surface area contributed by atoms with E-state index in [0.29, 0.717) is 24.1 Å². The van der Waals surface area contributed by atoms with Gasteiger partial charge in [-0.2, -0.15) is 15.0 Å². The summed E-state index contributed by atoms with van der Waals surface area (Å²) in [5.41, 5.74) is 5.73. The van der Waals surface area contributed by atoms with E-state index in [1.54, 1.807) is 4.90 Å². The van der Waals surface area contributed by atoms with Crippen molar-refractivity contribution < 1.29 is 4.21 Å². The van der Waals surface area contributed by atoms with Gasteiger partial charge in [0.25, 0.3) is 0 Å². The third-order valence-electron chi connectivity index (χ3n) is 3.68. The maximum Gasteiger partial charge on any atom is 0.229 e. The van der Waals surface area contributed by atoms with Crippen LogP contribution in [0.15, 0.2) is 0 Å². The molecule has 2 heterocycles. The number of nitrogen functional groups attached to an aromatic ring is 1. The predicted molar refractivity (Wildman–Crippen MR) is 80.9 cm³/mol. The summed E-state index contributed by atoms with van der Waals surface area (Å²) in [5.74, 6) is 2.16. The van der Waals surface area contributed by atoms with Gasteiger partial charge in [-0.05, 0) is 13.8 Å². The van der Waals surface area contributed by atoms with Crippen LogP contribution in [-0.2, 0) is 17.3 Å². The van der Waals surface area contributed by atoms with Gasteiger partial charge in [-0.15, -0.1) is 0 Å². The lowest BCUT2D eigenvalue weighted by Gasteiger charge is -2.36. The van der Waals surface area contributed by atoms with E-state index in [1.807, 2.05) is 21.0 Å². The van der Waals surface area contributed by atoms with Crippen LogP contribution >= 0.6 is 0 Å². The molecule has 1 fully saturated rings. The molecule has 1 aliphatic rings. The van der Waals surface area contributed by atoms with Crippen LogP contribution in [0.2, 0.25) is 0 Å². The van der Waals surface area contributed by atoms with Gasteiger partial charge in [0.05, 0.1) is 6.54 Å². The van der Waals surface area contributed by atoms with Crippen molar-refractivity contribution in [2.24, 2.45) is 0 Å². The molecule has 0 spiro atoms. The van der Waals surface area contributed by atoms with E-state index in [4.69, 9.17) is 5.73 Å². The Bertz CT molecular complexity index is 509. The summed E-state index contributed by atoms with van der Waals surface area (Å²) in [7, 11) is 3.00. The fraction of sp³-hybridized carbons (Fsp3) is 0.750. The first-order valence-corrected chi connectivity index (χ1v) is 8.05. The fourth-order valence-corrected chi connectivity index (χ4v) is 3.61. The molecule has 3 atom stereocenters. The number of hydrogen-bond acceptors (Lipinski definition) is 7. The second kappa shape index (κ2) is 6.01. The molecule has 2 rings (SSSR count). The van der Waals surface area contributed by atoms with Crippen LogP contribution in [0.1, 0.15) is 19.7 Å². The van der Waals surface area contributed by atoms with Crippen LogP contribution in [0.4, 0.5) is 11.9 Å². The number of nitrogens with two attached hydrogens (primary N) is 1. The van der Waals surface area contributed by atoms with Gasteiger partial charge in [0.2, 0.25) is 11.9 Å². The van der Waals surface area contributed by atoms with E-state index in [-0.39, 0.29) is 17.2 Å². The Morgan fingerprint density at radius 3 is 2.70 bits per heavy atom. The molecule has 0 radical (unpaired) electrons. The van der Waals surface area contributed by atoms with Crippen molar-refractivity contribution in [3.63, 3.8) is 0 Å². The maximum absolute atomic E-state index is 11.8. The minimum absolute atomic E-state index is 0.163. The highest BCUT2D eigenvalue weighted by Crippen LogP contribution is 2.18. The molecule has 1 saturated heterocycles. The number of rotatable bonds is 3. The van der Waals surface area contributed by atoms with E-state index in [9.17, 15) is 4.21 Å². The van der Waals surface area contributed by atoms with Crippen molar-refractivity contribution in [1.82, 2.24) is 19.9 Å². The van der Waals surface area contributed by atoms with Gasteiger partial charge < -0.3 is 10.6 Å². The number of aromatic nitrogens is 3. The summed E-state index contributed by atoms with van der Waals surface area (Å²) >= 11 is 0. The summed E-state index contributed by atoms with van der Waals surface area (Å²) in [6.07, 6.45) is 0. The molecule has 0 aromatic carbocycles. The summed E-state index contributed by atoms with van der Waals surface area (Å²) < 4.78 is 11.8. The normalized spacial score (nSPS) is 27.5. The van der Waals surface area contributed by atoms with Crippen molar-refractivity contribution in [2.75, 3.05) is 37.0 Å². The molecule has 0 unspecified atom stereocenters. The van der Waals surface area contributed by atoms with E-state index < -0.39 is 10.8 Å². The molecule has 0 aliphatic carbocycles. The lowest BCUT2D eigenvalue weighted by Crippen LogP contribution is -2.49. The lowest BCUT2D eigenvalue weighted by atomic mass is 10.2. The SMILES string of the molecule is C[C@@H]1[C@@H](C)[S@@](=O)CCN1Cc1nc(N)nc(N(C)C)n1. The molecule has 20 heavy (non-hydrogen) atoms. The zero-order chi connectivity index (χ0) is 14.9. The monoisotopic (exact) mass is 298 g/mol. The van der Waals surface area contributed by atoms with Gasteiger partial charge in [-0.1, -0.05) is 0 Å². The molecule has 112 valence electrons. The van der Waals surface area contributed by atoms with Crippen molar-refractivity contribution in [1.29, 1.82) is 0 Å². The first kappa shape index (κ1) is 15.1. The highest BCUT2D eigenvalue weighted by atomic mass is 32.2. The van der Waals surface area contributed by atoms with Crippen molar-refractivity contribution >= 4 is 22.7 Å². The van der Waals surface area contributed by atoms with Gasteiger partial charge in [-0.3, -0.25) is 9.11 Å². The van der Waals surface area contributed by atoms with Gasteiger partial charge >= 0.3 is 0 Å². The number of nitrogens with zero attached hydrogens (tertiary/aromatic N) is 5. The smallest absolute Gasteiger partial charge is 0.229 e. The Hall–Kier alpha value is -1.28. The zero-order valence-electron chi connectivity index (χ0n) is 12.4. The third kappa shape index (κ3) is 3.24. The van der Waals surface area contributed by atoms with E-state index in [1.165, 1.54) is 0 Å². The Morgan fingerprint density at radius 1 is 1.35 bits per heavy atom. The molecule has 2 N–H and O–H groups in total. The molecule has 0 bridgehead atoms. The lowest BCUT2D eigenvalue weighted by molar-refractivity contribution is 0.196. The van der Waals surface area contributed by atoms with E-state index in [2.05, 4.69) is 26.8 Å². The average molecular weight is 298 g/mol. The van der Waals surface area contributed by atoms with Crippen LogP contribution in [0.3, 0.4) is 0 Å². The molecule has 1 aromatic rings. The molecule has 7 nitrogen and oxygen atoms in total. The third-order valence-corrected chi connectivity index (χ3v) is 5.49. The first-order valence-electron chi connectivity index (χ1n) is 6.67. The minimum atomic E-state index is -0.738. The standard InChI is InChI=1S/C12H22N6OS/c1-8-9(2)20(19)6-5-18(8)7-10-14-11(13)16-12(15-10)17(3)4/h8-9H,5-7H2,1-4H3,(H2,13,14,15,16)/t8-,9-,20+/m1/s1. The fourth-order valence-electron chi connectivity index (χ4n) is 2.21. The van der Waals surface area contributed by atoms with Crippen LogP contribution in [-0.4, -0.2) is 61.7 Å². The second-order valence-electron chi connectivity index (χ2n) is 5.31. The van der Waals surface area contributed by atoms with Gasteiger partial charge in [0.15, 0.2) is 0 Å². The molecule has 8 heteroatoms. The summed E-state index contributed by atoms with van der Waals surface area (Å²) in [4.78, 5) is 16.8. The molecule has 1 aromatic heterocycles. The summed E-state index contributed by atoms with van der Waals surface area (Å²) in [6.45, 7) is 5.52. The Labute approximate surface area is 122 Å². The molecule has 0 saturated carbocycles. The number of anilines is 2. The highest BCUT2D eigenvalue weighted by Gasteiger charge is 2.30. The van der Waals surface area contributed by atoms with Crippen molar-refractivity contribution in [3.8, 4) is 0 Å². The Morgan fingerprint density at radius 2 is 2.05 bits per heavy atom. The van der Waals surface area contributed by atoms with Crippen LogP contribution in [0.25, 0.3) is 0 Å². The van der Waals surface area contributed by atoms with Crippen molar-refractivity contribution in [3.05, 3.63) is 5.82 Å². The topological polar surface area (TPSA) is 88.2 Å². The van der Waals surface area contributed by atoms with Crippen LogP contribution in [0.5, 0.6) is 0 Å². The zero-order valence-corrected chi connectivity index (χ0v) is 13.2. The van der Waals surface area contributed by atoms with Gasteiger partial charge in [0, 0.05) is 48.5 Å². The number of hydrogen-bond donors (Lipinski definition) is 1.